The second-order valence-electron chi connectivity index (χ2n) is 8.40. The van der Waals surface area contributed by atoms with Gasteiger partial charge in [0.2, 0.25) is 5.91 Å². The third kappa shape index (κ3) is 7.59. The molecule has 2 heterocycles. The lowest BCUT2D eigenvalue weighted by Gasteiger charge is -2.37. The summed E-state index contributed by atoms with van der Waals surface area (Å²) in [5.74, 6) is 1.11. The lowest BCUT2D eigenvalue weighted by Crippen LogP contribution is -2.47. The fourth-order valence-corrected chi connectivity index (χ4v) is 4.54. The van der Waals surface area contributed by atoms with Crippen molar-refractivity contribution in [2.75, 3.05) is 62.4 Å². The summed E-state index contributed by atoms with van der Waals surface area (Å²) in [7, 11) is -1.97. The van der Waals surface area contributed by atoms with Crippen LogP contribution in [0.5, 0.6) is 5.75 Å². The molecule has 186 valence electrons. The van der Waals surface area contributed by atoms with Gasteiger partial charge in [0, 0.05) is 55.4 Å². The monoisotopic (exact) mass is 509 g/mol. The van der Waals surface area contributed by atoms with Gasteiger partial charge in [-0.05, 0) is 49.7 Å². The highest BCUT2D eigenvalue weighted by molar-refractivity contribution is 7.85. The minimum Gasteiger partial charge on any atom is -0.496 e. The molecule has 0 radical (unpaired) electrons. The maximum Gasteiger partial charge on any atom is 0.261 e. The maximum absolute atomic E-state index is 12.5. The molecule has 4 rings (SSSR count). The first-order chi connectivity index (χ1) is 16.2. The molecule has 0 saturated carbocycles. The van der Waals surface area contributed by atoms with Crippen LogP contribution >= 0.6 is 11.6 Å². The van der Waals surface area contributed by atoms with Crippen LogP contribution in [0.1, 0.15) is 18.4 Å². The second-order valence-corrected chi connectivity index (χ2v) is 10.3. The average Bonchev–Trinajstić information content (AvgIpc) is 2.79. The predicted octanol–water partition coefficient (Wildman–Crippen LogP) is 3.34. The third-order valence-electron chi connectivity index (χ3n) is 5.91. The summed E-state index contributed by atoms with van der Waals surface area (Å²) < 4.78 is 31.4. The molecular formula is C24H32ClN3O5S. The number of carbonyl (C=O) groups excluding carboxylic acids is 1. The minimum absolute atomic E-state index is 0.219. The molecule has 0 spiro atoms. The summed E-state index contributed by atoms with van der Waals surface area (Å²) in [6, 6.07) is 14.1. The molecule has 0 bridgehead atoms. The largest absolute Gasteiger partial charge is 0.496 e. The zero-order valence-electron chi connectivity index (χ0n) is 19.6. The quantitative estimate of drug-likeness (QED) is 0.597. The first kappa shape index (κ1) is 26.3. The maximum atomic E-state index is 12.5. The van der Waals surface area contributed by atoms with E-state index in [-0.39, 0.29) is 5.91 Å². The molecule has 1 saturated heterocycles. The number of halogens is 1. The molecule has 0 atom stereocenters. The van der Waals surface area contributed by atoms with Gasteiger partial charge in [0.25, 0.3) is 10.1 Å². The summed E-state index contributed by atoms with van der Waals surface area (Å²) >= 11 is 6.12. The first-order valence-electron chi connectivity index (χ1n) is 11.3. The highest BCUT2D eigenvalue weighted by atomic mass is 35.5. The molecule has 0 aliphatic carbocycles. The zero-order chi connectivity index (χ0) is 24.7. The number of rotatable bonds is 6. The number of anilines is 2. The standard InChI is InChI=1S/C23H28ClN3O2.CH4O3S/c1-29-22-8-3-7-21-20(22)9-10-23(28)27(21)12-4-11-25-13-15-26(16-14-25)19-6-2-5-18(24)17-19;1-5(2,3)4/h2-3,5-8,17H,4,9-16H2,1H3;1H3,(H,2,3,4). The van der Waals surface area contributed by atoms with E-state index in [4.69, 9.17) is 20.9 Å². The van der Waals surface area contributed by atoms with Crippen molar-refractivity contribution in [1.82, 2.24) is 4.90 Å². The van der Waals surface area contributed by atoms with Gasteiger partial charge < -0.3 is 14.5 Å². The Morgan fingerprint density at radius 1 is 1.03 bits per heavy atom. The Morgan fingerprint density at radius 3 is 2.35 bits per heavy atom. The van der Waals surface area contributed by atoms with Gasteiger partial charge in [0.1, 0.15) is 5.75 Å². The van der Waals surface area contributed by atoms with E-state index in [1.165, 1.54) is 5.69 Å². The topological polar surface area (TPSA) is 90.4 Å². The van der Waals surface area contributed by atoms with Crippen molar-refractivity contribution >= 4 is 39.0 Å². The summed E-state index contributed by atoms with van der Waals surface area (Å²) in [5.41, 5.74) is 3.37. The van der Waals surface area contributed by atoms with Crippen LogP contribution in [-0.4, -0.2) is 76.4 Å². The van der Waals surface area contributed by atoms with Crippen LogP contribution in [0.15, 0.2) is 42.5 Å². The van der Waals surface area contributed by atoms with E-state index in [0.717, 1.165) is 74.1 Å². The van der Waals surface area contributed by atoms with Gasteiger partial charge in [0.05, 0.1) is 19.1 Å². The number of hydrogen-bond donors (Lipinski definition) is 1. The molecule has 0 unspecified atom stereocenters. The molecule has 1 fully saturated rings. The Hall–Kier alpha value is -2.33. The lowest BCUT2D eigenvalue weighted by atomic mass is 10.00. The molecule has 2 aromatic rings. The predicted molar refractivity (Wildman–Crippen MR) is 136 cm³/mol. The number of piperazine rings is 1. The van der Waals surface area contributed by atoms with Crippen LogP contribution in [0.4, 0.5) is 11.4 Å². The molecular weight excluding hydrogens is 478 g/mol. The summed E-state index contributed by atoms with van der Waals surface area (Å²) in [6.45, 7) is 5.84. The fraction of sp³-hybridized carbons (Fsp3) is 0.458. The van der Waals surface area contributed by atoms with Crippen LogP contribution in [-0.2, 0) is 21.3 Å². The van der Waals surface area contributed by atoms with Crippen molar-refractivity contribution in [3.63, 3.8) is 0 Å². The van der Waals surface area contributed by atoms with E-state index in [1.807, 2.05) is 41.3 Å². The van der Waals surface area contributed by atoms with Crippen molar-refractivity contribution in [1.29, 1.82) is 0 Å². The number of fused-ring (bicyclic) bond motifs is 1. The Bertz CT molecular complexity index is 1080. The Balaban J connectivity index is 0.000000588. The van der Waals surface area contributed by atoms with Crippen molar-refractivity contribution in [2.45, 2.75) is 19.3 Å². The molecule has 1 N–H and O–H groups in total. The van der Waals surface area contributed by atoms with Crippen LogP contribution in [0.25, 0.3) is 0 Å². The smallest absolute Gasteiger partial charge is 0.261 e. The number of hydrogen-bond acceptors (Lipinski definition) is 6. The number of ether oxygens (including phenoxy) is 1. The van der Waals surface area contributed by atoms with Crippen molar-refractivity contribution in [3.05, 3.63) is 53.1 Å². The van der Waals surface area contributed by atoms with Gasteiger partial charge >= 0.3 is 0 Å². The number of benzene rings is 2. The van der Waals surface area contributed by atoms with Crippen LogP contribution in [0.3, 0.4) is 0 Å². The van der Waals surface area contributed by atoms with Crippen LogP contribution in [0.2, 0.25) is 5.02 Å². The van der Waals surface area contributed by atoms with E-state index in [0.29, 0.717) is 12.7 Å². The third-order valence-corrected chi connectivity index (χ3v) is 6.15. The van der Waals surface area contributed by atoms with Crippen LogP contribution in [0, 0.1) is 0 Å². The number of amides is 1. The van der Waals surface area contributed by atoms with Gasteiger partial charge in [-0.2, -0.15) is 8.42 Å². The molecule has 2 aliphatic heterocycles. The number of nitrogens with zero attached hydrogens (tertiary/aromatic N) is 3. The Kier molecular flexibility index (Phi) is 9.18. The van der Waals surface area contributed by atoms with E-state index < -0.39 is 10.1 Å². The highest BCUT2D eigenvalue weighted by Gasteiger charge is 2.26. The molecule has 10 heteroatoms. The molecule has 34 heavy (non-hydrogen) atoms. The van der Waals surface area contributed by atoms with Crippen molar-refractivity contribution < 1.29 is 22.5 Å². The molecule has 2 aliphatic rings. The van der Waals surface area contributed by atoms with Gasteiger partial charge in [-0.3, -0.25) is 14.2 Å². The van der Waals surface area contributed by atoms with Gasteiger partial charge in [-0.1, -0.05) is 23.7 Å². The molecule has 0 aromatic heterocycles. The van der Waals surface area contributed by atoms with Crippen molar-refractivity contribution in [3.8, 4) is 5.75 Å². The van der Waals surface area contributed by atoms with Crippen LogP contribution < -0.4 is 14.5 Å². The lowest BCUT2D eigenvalue weighted by molar-refractivity contribution is -0.118. The normalized spacial score (nSPS) is 16.5. The Morgan fingerprint density at radius 2 is 1.71 bits per heavy atom. The second kappa shape index (κ2) is 11.9. The van der Waals surface area contributed by atoms with Gasteiger partial charge in [0.15, 0.2) is 0 Å². The minimum atomic E-state index is -3.67. The van der Waals surface area contributed by atoms with E-state index >= 15 is 0 Å². The Labute approximate surface area is 206 Å². The number of methoxy groups -OCH3 is 1. The molecule has 8 nitrogen and oxygen atoms in total. The van der Waals surface area contributed by atoms with Gasteiger partial charge in [-0.15, -0.1) is 0 Å². The van der Waals surface area contributed by atoms with E-state index in [2.05, 4.69) is 15.9 Å². The molecule has 1 amide bonds. The van der Waals surface area contributed by atoms with Crippen molar-refractivity contribution in [2.24, 2.45) is 0 Å². The SMILES string of the molecule is COc1cccc2c1CCC(=O)N2CCCN1CCN(c2cccc(Cl)c2)CC1.CS(=O)(=O)O. The van der Waals surface area contributed by atoms with E-state index in [1.54, 1.807) is 7.11 Å². The first-order valence-corrected chi connectivity index (χ1v) is 13.5. The molecule has 2 aromatic carbocycles. The zero-order valence-corrected chi connectivity index (χ0v) is 21.2. The summed E-state index contributed by atoms with van der Waals surface area (Å²) in [4.78, 5) is 19.3. The van der Waals surface area contributed by atoms with E-state index in [9.17, 15) is 13.2 Å². The highest BCUT2D eigenvalue weighted by Crippen LogP contribution is 2.34. The average molecular weight is 510 g/mol. The number of carbonyl (C=O) groups is 1. The summed E-state index contributed by atoms with van der Waals surface area (Å²) in [6.07, 6.45) is 3.01. The fourth-order valence-electron chi connectivity index (χ4n) is 4.35. The summed E-state index contributed by atoms with van der Waals surface area (Å²) in [5, 5.41) is 0.785. The van der Waals surface area contributed by atoms with Gasteiger partial charge in [-0.25, -0.2) is 0 Å².